The molecule has 4 aliphatic rings. The highest BCUT2D eigenvalue weighted by atomic mass is 16.6. The molecule has 3 heterocycles. The van der Waals surface area contributed by atoms with Crippen molar-refractivity contribution < 1.29 is 19.1 Å². The van der Waals surface area contributed by atoms with Crippen LogP contribution in [0.5, 0.6) is 0 Å². The van der Waals surface area contributed by atoms with Gasteiger partial charge in [-0.3, -0.25) is 0 Å². The standard InChI is InChI=1S/C31H43N5O4/c1-20-8-10-23-25(20)26(34-19-33-23)36-18-31(12-14-35(15-13-31)28(38)40-30(5,6)7)22-16-21(9-11-24(22)36)17-32-27(37)39-29(2,3)4/h9,11,16,19,26H,8,10,12-15,17-18H2,1-7H3,(H,32,37)/t26-/m0/s1. The Bertz CT molecular complexity index is 1280. The van der Waals surface area contributed by atoms with Crippen LogP contribution >= 0.6 is 0 Å². The van der Waals surface area contributed by atoms with E-state index in [9.17, 15) is 9.59 Å². The molecule has 0 radical (unpaired) electrons. The van der Waals surface area contributed by atoms with Gasteiger partial charge in [-0.25, -0.2) is 19.6 Å². The average molecular weight is 550 g/mol. The van der Waals surface area contributed by atoms with Gasteiger partial charge in [-0.1, -0.05) is 17.7 Å². The number of nitrogens with zero attached hydrogens (tertiary/aromatic N) is 4. The lowest BCUT2D eigenvalue weighted by Gasteiger charge is -2.41. The number of hydrogen-bond donors (Lipinski definition) is 1. The van der Waals surface area contributed by atoms with E-state index in [2.05, 4.69) is 40.3 Å². The zero-order valence-corrected chi connectivity index (χ0v) is 25.0. The lowest BCUT2D eigenvalue weighted by molar-refractivity contribution is 0.0170. The largest absolute Gasteiger partial charge is 0.444 e. The summed E-state index contributed by atoms with van der Waals surface area (Å²) in [6.07, 6.45) is 4.59. The number of allylic oxidation sites excluding steroid dienone is 1. The summed E-state index contributed by atoms with van der Waals surface area (Å²) in [7, 11) is 0. The van der Waals surface area contributed by atoms with Crippen LogP contribution in [0.4, 0.5) is 15.3 Å². The first-order valence-corrected chi connectivity index (χ1v) is 14.4. The maximum absolute atomic E-state index is 12.8. The van der Waals surface area contributed by atoms with Crippen LogP contribution in [0.3, 0.4) is 0 Å². The molecule has 9 nitrogen and oxygen atoms in total. The Morgan fingerprint density at radius 3 is 2.42 bits per heavy atom. The molecule has 216 valence electrons. The van der Waals surface area contributed by atoms with E-state index in [1.54, 1.807) is 6.34 Å². The van der Waals surface area contributed by atoms with Crippen LogP contribution in [-0.2, 0) is 21.4 Å². The van der Waals surface area contributed by atoms with Crippen molar-refractivity contribution in [1.29, 1.82) is 0 Å². The average Bonchev–Trinajstić information content (AvgIpc) is 3.39. The second-order valence-electron chi connectivity index (χ2n) is 13.5. The van der Waals surface area contributed by atoms with Gasteiger partial charge in [0, 0.05) is 48.6 Å². The molecule has 1 aromatic carbocycles. The van der Waals surface area contributed by atoms with E-state index in [-0.39, 0.29) is 17.7 Å². The highest BCUT2D eigenvalue weighted by Crippen LogP contribution is 2.50. The number of fused-ring (bicyclic) bond motifs is 3. The van der Waals surface area contributed by atoms with Crippen LogP contribution in [0.1, 0.15) is 85.3 Å². The van der Waals surface area contributed by atoms with Crippen LogP contribution in [0.2, 0.25) is 0 Å². The van der Waals surface area contributed by atoms with Crippen LogP contribution < -0.4 is 10.2 Å². The van der Waals surface area contributed by atoms with E-state index in [1.807, 2.05) is 46.4 Å². The van der Waals surface area contributed by atoms with Crippen molar-refractivity contribution in [2.75, 3.05) is 24.5 Å². The molecule has 0 aromatic heterocycles. The van der Waals surface area contributed by atoms with Gasteiger partial charge in [0.15, 0.2) is 6.17 Å². The number of carbonyl (C=O) groups excluding carboxylic acids is 2. The molecule has 0 saturated carbocycles. The normalized spacial score (nSPS) is 21.8. The van der Waals surface area contributed by atoms with Gasteiger partial charge in [0.1, 0.15) is 17.5 Å². The number of likely N-dealkylation sites (tertiary alicyclic amines) is 1. The van der Waals surface area contributed by atoms with E-state index in [0.29, 0.717) is 19.6 Å². The maximum atomic E-state index is 12.8. The van der Waals surface area contributed by atoms with Crippen molar-refractivity contribution in [1.82, 2.24) is 10.2 Å². The third-order valence-corrected chi connectivity index (χ3v) is 8.11. The van der Waals surface area contributed by atoms with Crippen LogP contribution in [0.25, 0.3) is 0 Å². The van der Waals surface area contributed by atoms with Crippen molar-refractivity contribution in [2.24, 2.45) is 9.98 Å². The zero-order chi connectivity index (χ0) is 28.9. The second-order valence-corrected chi connectivity index (χ2v) is 13.5. The molecule has 9 heteroatoms. The second kappa shape index (κ2) is 10.2. The number of piperidine rings is 1. The molecule has 40 heavy (non-hydrogen) atoms. The van der Waals surface area contributed by atoms with Gasteiger partial charge in [-0.2, -0.15) is 0 Å². The lowest BCUT2D eigenvalue weighted by atomic mass is 9.74. The van der Waals surface area contributed by atoms with E-state index >= 15 is 0 Å². The Morgan fingerprint density at radius 1 is 1.05 bits per heavy atom. The number of carbonyl (C=O) groups is 2. The van der Waals surface area contributed by atoms with E-state index in [0.717, 1.165) is 43.5 Å². The fourth-order valence-corrected chi connectivity index (χ4v) is 6.24. The quantitative estimate of drug-likeness (QED) is 0.520. The number of aliphatic imine (C=N–C) groups is 2. The molecule has 0 unspecified atom stereocenters. The summed E-state index contributed by atoms with van der Waals surface area (Å²) in [5.41, 5.74) is 6.01. The molecule has 3 aliphatic heterocycles. The monoisotopic (exact) mass is 549 g/mol. The van der Waals surface area contributed by atoms with Crippen LogP contribution in [-0.4, -0.2) is 66.1 Å². The zero-order valence-electron chi connectivity index (χ0n) is 25.0. The fraction of sp³-hybridized carbons (Fsp3) is 0.613. The van der Waals surface area contributed by atoms with Crippen LogP contribution in [0.15, 0.2) is 39.3 Å². The molecular formula is C31H43N5O4. The van der Waals surface area contributed by atoms with Crippen molar-refractivity contribution in [2.45, 2.75) is 103 Å². The summed E-state index contributed by atoms with van der Waals surface area (Å²) in [5.74, 6) is 0. The Morgan fingerprint density at radius 2 is 1.75 bits per heavy atom. The summed E-state index contributed by atoms with van der Waals surface area (Å²) in [6, 6.07) is 6.48. The summed E-state index contributed by atoms with van der Waals surface area (Å²) in [5, 5.41) is 2.90. The predicted octanol–water partition coefficient (Wildman–Crippen LogP) is 5.72. The number of ether oxygens (including phenoxy) is 2. The van der Waals surface area contributed by atoms with Gasteiger partial charge in [-0.05, 0) is 91.3 Å². The Hall–Kier alpha value is -3.36. The number of benzene rings is 1. The molecule has 1 N–H and O–H groups in total. The van der Waals surface area contributed by atoms with Crippen molar-refractivity contribution in [3.63, 3.8) is 0 Å². The number of anilines is 1. The molecule has 2 amide bonds. The first-order valence-electron chi connectivity index (χ1n) is 14.4. The Kier molecular flexibility index (Phi) is 7.21. The highest BCUT2D eigenvalue weighted by molar-refractivity contribution is 6.09. The van der Waals surface area contributed by atoms with Gasteiger partial charge in [-0.15, -0.1) is 0 Å². The molecule has 1 spiro atoms. The van der Waals surface area contributed by atoms with Gasteiger partial charge < -0.3 is 24.6 Å². The molecule has 1 fully saturated rings. The van der Waals surface area contributed by atoms with Crippen LogP contribution in [0, 0.1) is 0 Å². The van der Waals surface area contributed by atoms with Crippen molar-refractivity contribution >= 4 is 29.9 Å². The number of rotatable bonds is 3. The van der Waals surface area contributed by atoms with Gasteiger partial charge in [0.2, 0.25) is 0 Å². The first kappa shape index (κ1) is 28.2. The number of alkyl carbamates (subject to hydrolysis) is 1. The SMILES string of the molecule is CC1=C2C(=NC=N[C@H]2N2CC3(CCN(C(=O)OC(C)(C)C)CC3)c3cc(CNC(=O)OC(C)(C)C)ccc32)CC1. The molecule has 1 aliphatic carbocycles. The minimum Gasteiger partial charge on any atom is -0.444 e. The first-order chi connectivity index (χ1) is 18.7. The number of nitrogens with one attached hydrogen (secondary N) is 1. The third-order valence-electron chi connectivity index (χ3n) is 8.11. The van der Waals surface area contributed by atoms with Gasteiger partial charge >= 0.3 is 12.2 Å². The molecule has 1 saturated heterocycles. The summed E-state index contributed by atoms with van der Waals surface area (Å²) < 4.78 is 11.1. The van der Waals surface area contributed by atoms with Crippen molar-refractivity contribution in [3.8, 4) is 0 Å². The van der Waals surface area contributed by atoms with Gasteiger partial charge in [0.25, 0.3) is 0 Å². The smallest absolute Gasteiger partial charge is 0.410 e. The van der Waals surface area contributed by atoms with E-state index < -0.39 is 17.3 Å². The number of amides is 2. The van der Waals surface area contributed by atoms with E-state index in [4.69, 9.17) is 14.5 Å². The summed E-state index contributed by atoms with van der Waals surface area (Å²) >= 11 is 0. The Labute approximate surface area is 237 Å². The highest BCUT2D eigenvalue weighted by Gasteiger charge is 2.48. The lowest BCUT2D eigenvalue weighted by Crippen LogP contribution is -2.49. The summed E-state index contributed by atoms with van der Waals surface area (Å²) in [6.45, 7) is 15.9. The third kappa shape index (κ3) is 5.74. The van der Waals surface area contributed by atoms with Crippen molar-refractivity contribution in [3.05, 3.63) is 40.5 Å². The molecule has 1 atom stereocenters. The fourth-order valence-electron chi connectivity index (χ4n) is 6.24. The van der Waals surface area contributed by atoms with Gasteiger partial charge in [0.05, 0.1) is 0 Å². The summed E-state index contributed by atoms with van der Waals surface area (Å²) in [4.78, 5) is 38.9. The predicted molar refractivity (Wildman–Crippen MR) is 157 cm³/mol. The molecule has 1 aromatic rings. The maximum Gasteiger partial charge on any atom is 0.410 e. The molecule has 5 rings (SSSR count). The molecular weight excluding hydrogens is 506 g/mol. The minimum atomic E-state index is -0.551. The Balaban J connectivity index is 1.42. The topological polar surface area (TPSA) is 95.8 Å². The molecule has 0 bridgehead atoms. The number of hydrogen-bond acceptors (Lipinski definition) is 7. The minimum absolute atomic E-state index is 0.0947. The van der Waals surface area contributed by atoms with E-state index in [1.165, 1.54) is 22.4 Å².